The number of nitrogens with two attached hydrogens (primary N) is 1. The molecule has 3 N–H and O–H groups in total. The summed E-state index contributed by atoms with van der Waals surface area (Å²) in [6.07, 6.45) is 2.08. The fourth-order valence-electron chi connectivity index (χ4n) is 1.79. The van der Waals surface area contributed by atoms with Gasteiger partial charge < -0.3 is 15.8 Å². The predicted molar refractivity (Wildman–Crippen MR) is 81.2 cm³/mol. The van der Waals surface area contributed by atoms with Gasteiger partial charge in [-0.1, -0.05) is 44.2 Å². The van der Waals surface area contributed by atoms with Gasteiger partial charge in [-0.2, -0.15) is 0 Å². The average molecular weight is 278 g/mol. The number of benzene rings is 1. The molecule has 0 bridgehead atoms. The molecular weight excluding hydrogens is 252 g/mol. The third kappa shape index (κ3) is 6.17. The number of carbonyl (C=O) groups excluding carboxylic acids is 1. The molecule has 0 unspecified atom stereocenters. The summed E-state index contributed by atoms with van der Waals surface area (Å²) in [5, 5.41) is 2.88. The molecule has 0 saturated heterocycles. The van der Waals surface area contributed by atoms with Crippen LogP contribution in [0.4, 0.5) is 0 Å². The van der Waals surface area contributed by atoms with Crippen molar-refractivity contribution in [3.05, 3.63) is 35.9 Å². The lowest BCUT2D eigenvalue weighted by Gasteiger charge is -2.26. The number of amides is 1. The van der Waals surface area contributed by atoms with Crippen molar-refractivity contribution >= 4 is 5.91 Å². The Bertz CT molecular complexity index is 389. The summed E-state index contributed by atoms with van der Waals surface area (Å²) in [5.41, 5.74) is 6.96. The van der Waals surface area contributed by atoms with Crippen molar-refractivity contribution in [1.82, 2.24) is 5.32 Å². The summed E-state index contributed by atoms with van der Waals surface area (Å²) in [5.74, 6) is -0.00483. The van der Waals surface area contributed by atoms with E-state index in [2.05, 4.69) is 5.32 Å². The summed E-state index contributed by atoms with van der Waals surface area (Å²) in [6.45, 7) is 5.57. The summed E-state index contributed by atoms with van der Waals surface area (Å²) in [4.78, 5) is 11.7. The molecule has 0 heterocycles. The number of rotatable bonds is 9. The van der Waals surface area contributed by atoms with Gasteiger partial charge in [0, 0.05) is 18.5 Å². The van der Waals surface area contributed by atoms with Crippen LogP contribution in [0.2, 0.25) is 0 Å². The molecule has 4 nitrogen and oxygen atoms in total. The van der Waals surface area contributed by atoms with Crippen LogP contribution in [0.5, 0.6) is 0 Å². The van der Waals surface area contributed by atoms with Crippen molar-refractivity contribution in [1.29, 1.82) is 0 Å². The normalized spacial score (nSPS) is 11.3. The first-order valence-corrected chi connectivity index (χ1v) is 7.27. The molecule has 0 saturated carbocycles. The lowest BCUT2D eigenvalue weighted by Crippen LogP contribution is -2.49. The highest BCUT2D eigenvalue weighted by Gasteiger charge is 2.20. The van der Waals surface area contributed by atoms with Gasteiger partial charge in [0.05, 0.1) is 13.2 Å². The van der Waals surface area contributed by atoms with Crippen LogP contribution in [0.25, 0.3) is 0 Å². The van der Waals surface area contributed by atoms with Gasteiger partial charge in [0.1, 0.15) is 0 Å². The molecule has 0 aliphatic carbocycles. The molecule has 1 rings (SSSR count). The van der Waals surface area contributed by atoms with Crippen LogP contribution in [0, 0.1) is 0 Å². The number of nitrogens with one attached hydrogen (secondary N) is 1. The van der Waals surface area contributed by atoms with E-state index in [0.717, 1.165) is 18.4 Å². The van der Waals surface area contributed by atoms with E-state index in [1.807, 2.05) is 44.2 Å². The lowest BCUT2D eigenvalue weighted by molar-refractivity contribution is -0.122. The third-order valence-electron chi connectivity index (χ3n) is 3.63. The molecular formula is C16H26N2O2. The van der Waals surface area contributed by atoms with Crippen LogP contribution < -0.4 is 11.1 Å². The fraction of sp³-hybridized carbons (Fsp3) is 0.562. The Morgan fingerprint density at radius 3 is 2.50 bits per heavy atom. The van der Waals surface area contributed by atoms with Gasteiger partial charge >= 0.3 is 0 Å². The van der Waals surface area contributed by atoms with E-state index in [0.29, 0.717) is 26.2 Å². The van der Waals surface area contributed by atoms with Crippen LogP contribution in [0.15, 0.2) is 30.3 Å². The van der Waals surface area contributed by atoms with Crippen LogP contribution in [0.3, 0.4) is 0 Å². The topological polar surface area (TPSA) is 64.3 Å². The maximum atomic E-state index is 11.7. The van der Waals surface area contributed by atoms with Crippen molar-refractivity contribution in [2.75, 3.05) is 13.2 Å². The van der Waals surface area contributed by atoms with Crippen LogP contribution in [-0.2, 0) is 16.1 Å². The first-order chi connectivity index (χ1) is 9.59. The molecule has 1 aromatic carbocycles. The molecule has 0 aliphatic heterocycles. The van der Waals surface area contributed by atoms with E-state index in [9.17, 15) is 4.79 Å². The Hall–Kier alpha value is -1.39. The van der Waals surface area contributed by atoms with Gasteiger partial charge in [0.25, 0.3) is 0 Å². The van der Waals surface area contributed by atoms with E-state index >= 15 is 0 Å². The molecule has 1 amide bonds. The second kappa shape index (κ2) is 8.72. The third-order valence-corrected chi connectivity index (χ3v) is 3.63. The van der Waals surface area contributed by atoms with Crippen molar-refractivity contribution in [2.45, 2.75) is 45.3 Å². The van der Waals surface area contributed by atoms with E-state index in [1.54, 1.807) is 0 Å². The summed E-state index contributed by atoms with van der Waals surface area (Å²) < 4.78 is 5.48. The summed E-state index contributed by atoms with van der Waals surface area (Å²) in [7, 11) is 0. The van der Waals surface area contributed by atoms with Gasteiger partial charge in [-0.15, -0.1) is 0 Å². The Morgan fingerprint density at radius 2 is 1.90 bits per heavy atom. The molecule has 20 heavy (non-hydrogen) atoms. The zero-order valence-electron chi connectivity index (χ0n) is 12.5. The monoisotopic (exact) mass is 278 g/mol. The average Bonchev–Trinajstić information content (AvgIpc) is 2.50. The first-order valence-electron chi connectivity index (χ1n) is 7.27. The Kier molecular flexibility index (Phi) is 7.26. The SMILES string of the molecule is CCC(N)(CC)CNC(=O)CCOCc1ccccc1. The maximum absolute atomic E-state index is 11.7. The van der Waals surface area contributed by atoms with Crippen LogP contribution in [-0.4, -0.2) is 24.6 Å². The van der Waals surface area contributed by atoms with Crippen molar-refractivity contribution in [2.24, 2.45) is 5.73 Å². The molecule has 0 aromatic heterocycles. The smallest absolute Gasteiger partial charge is 0.222 e. The molecule has 0 aliphatic rings. The van der Waals surface area contributed by atoms with Gasteiger partial charge in [0.2, 0.25) is 5.91 Å². The standard InChI is InChI=1S/C16H26N2O2/c1-3-16(17,4-2)13-18-15(19)10-11-20-12-14-8-6-5-7-9-14/h5-9H,3-4,10-13,17H2,1-2H3,(H,18,19). The van der Waals surface area contributed by atoms with Gasteiger partial charge in [-0.05, 0) is 18.4 Å². The van der Waals surface area contributed by atoms with Crippen molar-refractivity contribution in [3.63, 3.8) is 0 Å². The molecule has 4 heteroatoms. The van der Waals surface area contributed by atoms with Gasteiger partial charge in [-0.3, -0.25) is 4.79 Å². The van der Waals surface area contributed by atoms with Gasteiger partial charge in [-0.25, -0.2) is 0 Å². The minimum atomic E-state index is -0.291. The Morgan fingerprint density at radius 1 is 1.25 bits per heavy atom. The Balaban J connectivity index is 2.14. The van der Waals surface area contributed by atoms with E-state index in [1.165, 1.54) is 0 Å². The lowest BCUT2D eigenvalue weighted by atomic mass is 9.94. The fourth-order valence-corrected chi connectivity index (χ4v) is 1.79. The maximum Gasteiger partial charge on any atom is 0.222 e. The van der Waals surface area contributed by atoms with Crippen LogP contribution >= 0.6 is 0 Å². The predicted octanol–water partition coefficient (Wildman–Crippen LogP) is 2.23. The molecule has 0 spiro atoms. The quantitative estimate of drug-likeness (QED) is 0.681. The highest BCUT2D eigenvalue weighted by atomic mass is 16.5. The first kappa shape index (κ1) is 16.7. The largest absolute Gasteiger partial charge is 0.376 e. The highest BCUT2D eigenvalue weighted by Crippen LogP contribution is 2.09. The van der Waals surface area contributed by atoms with Gasteiger partial charge in [0.15, 0.2) is 0 Å². The van der Waals surface area contributed by atoms with E-state index in [4.69, 9.17) is 10.5 Å². The van der Waals surface area contributed by atoms with E-state index in [-0.39, 0.29) is 11.4 Å². The minimum absolute atomic E-state index is 0.00483. The second-order valence-corrected chi connectivity index (χ2v) is 5.13. The Labute approximate surface area is 121 Å². The molecule has 0 radical (unpaired) electrons. The zero-order valence-corrected chi connectivity index (χ0v) is 12.5. The number of carbonyl (C=O) groups is 1. The molecule has 0 atom stereocenters. The minimum Gasteiger partial charge on any atom is -0.376 e. The highest BCUT2D eigenvalue weighted by molar-refractivity contribution is 5.76. The van der Waals surface area contributed by atoms with Crippen molar-refractivity contribution < 1.29 is 9.53 Å². The van der Waals surface area contributed by atoms with E-state index < -0.39 is 0 Å². The number of hydrogen-bond acceptors (Lipinski definition) is 3. The van der Waals surface area contributed by atoms with Crippen molar-refractivity contribution in [3.8, 4) is 0 Å². The summed E-state index contributed by atoms with van der Waals surface area (Å²) >= 11 is 0. The van der Waals surface area contributed by atoms with Crippen LogP contribution in [0.1, 0.15) is 38.7 Å². The molecule has 112 valence electrons. The number of hydrogen-bond donors (Lipinski definition) is 2. The zero-order chi connectivity index (χ0) is 14.8. The summed E-state index contributed by atoms with van der Waals surface area (Å²) in [6, 6.07) is 9.93. The number of ether oxygens (including phenoxy) is 1. The molecule has 0 fully saturated rings. The molecule has 1 aromatic rings. The second-order valence-electron chi connectivity index (χ2n) is 5.13.